The van der Waals surface area contributed by atoms with Gasteiger partial charge in [-0.2, -0.15) is 0 Å². The van der Waals surface area contributed by atoms with Crippen LogP contribution < -0.4 is 5.32 Å². The van der Waals surface area contributed by atoms with Gasteiger partial charge < -0.3 is 19.1 Å². The van der Waals surface area contributed by atoms with Crippen molar-refractivity contribution in [3.8, 4) is 0 Å². The van der Waals surface area contributed by atoms with Crippen molar-refractivity contribution in [2.24, 2.45) is 45.8 Å². The second-order valence-corrected chi connectivity index (χ2v) is 14.0. The van der Waals surface area contributed by atoms with Crippen molar-refractivity contribution >= 4 is 17.8 Å². The molecule has 8 heteroatoms. The summed E-state index contributed by atoms with van der Waals surface area (Å²) in [4.78, 5) is 42.7. The molecule has 4 rings (SSSR count). The fourth-order valence-electron chi connectivity index (χ4n) is 9.13. The molecule has 3 aliphatic carbocycles. The number of hydrogen-bond donors (Lipinski definition) is 1. The van der Waals surface area contributed by atoms with E-state index in [1.807, 2.05) is 13.1 Å². The van der Waals surface area contributed by atoms with E-state index in [0.717, 1.165) is 32.2 Å². The van der Waals surface area contributed by atoms with E-state index in [4.69, 9.17) is 14.2 Å². The van der Waals surface area contributed by atoms with Crippen LogP contribution in [-0.2, 0) is 23.8 Å². The summed E-state index contributed by atoms with van der Waals surface area (Å²) < 4.78 is 18.2. The number of carbonyl (C=O) groups excluding carboxylic acids is 3. The number of allylic oxidation sites excluding steroid dienone is 2. The molecule has 2 bridgehead atoms. The van der Waals surface area contributed by atoms with E-state index in [1.54, 1.807) is 13.2 Å². The molecule has 0 aromatic heterocycles. The highest BCUT2D eigenvalue weighted by molar-refractivity contribution is 5.93. The zero-order valence-electron chi connectivity index (χ0n) is 26.2. The van der Waals surface area contributed by atoms with Crippen molar-refractivity contribution in [1.29, 1.82) is 0 Å². The molecular formula is C33H52N2O6. The topological polar surface area (TPSA) is 94.2 Å². The molecule has 8 nitrogen and oxygen atoms in total. The standard InChI is InChI=1S/C33H52N2O6/c1-9-10-14-31(5)18-26(41-30(38)34-29(37)24-19-35(7)17-13-21(24)2)32(6)22(3)11-15-33(16-12-25(36)27(32)33)23(4)28(31)40-20-39-8/h9-10,14,21-24,26-28H,1,11-13,15-20H2,2-8H3,(H,34,37,38)/t21-,22+,23-,24-,26+,27?,28-,31+,32-,33?/m0/s1. The Kier molecular flexibility index (Phi) is 9.56. The minimum absolute atomic E-state index is 0.0709. The molecule has 0 spiro atoms. The van der Waals surface area contributed by atoms with E-state index in [2.05, 4.69) is 57.5 Å². The Morgan fingerprint density at radius 3 is 2.59 bits per heavy atom. The number of methoxy groups -OCH3 is 1. The molecule has 3 saturated carbocycles. The minimum Gasteiger partial charge on any atom is -0.445 e. The van der Waals surface area contributed by atoms with Crippen molar-refractivity contribution in [2.45, 2.75) is 85.4 Å². The number of carbonyl (C=O) groups is 3. The number of alkyl carbamates (subject to hydrolysis) is 1. The van der Waals surface area contributed by atoms with Crippen LogP contribution in [0, 0.1) is 45.8 Å². The number of ketones is 1. The zero-order valence-corrected chi connectivity index (χ0v) is 26.2. The molecule has 1 heterocycles. The first-order chi connectivity index (χ1) is 19.3. The third-order valence-corrected chi connectivity index (χ3v) is 11.7. The molecule has 1 saturated heterocycles. The number of nitrogens with zero attached hydrogens (tertiary/aromatic N) is 1. The molecule has 4 fully saturated rings. The number of ether oxygens (including phenoxy) is 3. The molecule has 0 radical (unpaired) electrons. The van der Waals surface area contributed by atoms with E-state index in [9.17, 15) is 14.4 Å². The van der Waals surface area contributed by atoms with Gasteiger partial charge in [0, 0.05) is 36.8 Å². The van der Waals surface area contributed by atoms with E-state index in [-0.39, 0.29) is 59.6 Å². The summed E-state index contributed by atoms with van der Waals surface area (Å²) in [5, 5.41) is 2.59. The van der Waals surface area contributed by atoms with Gasteiger partial charge in [0.25, 0.3) is 0 Å². The van der Waals surface area contributed by atoms with Crippen molar-refractivity contribution < 1.29 is 28.6 Å². The lowest BCUT2D eigenvalue weighted by molar-refractivity contribution is -0.214. The Morgan fingerprint density at radius 2 is 1.90 bits per heavy atom. The molecule has 1 aliphatic heterocycles. The largest absolute Gasteiger partial charge is 0.445 e. The van der Waals surface area contributed by atoms with Gasteiger partial charge in [-0.05, 0) is 68.9 Å². The maximum atomic E-state index is 13.8. The van der Waals surface area contributed by atoms with Crippen LogP contribution in [0.2, 0.25) is 0 Å². The first kappa shape index (κ1) is 31.9. The summed E-state index contributed by atoms with van der Waals surface area (Å²) in [6, 6.07) is 0. The number of piperidine rings is 1. The highest BCUT2D eigenvalue weighted by Crippen LogP contribution is 2.68. The molecule has 10 atom stereocenters. The molecule has 230 valence electrons. The number of imide groups is 1. The number of nitrogens with one attached hydrogen (secondary N) is 1. The van der Waals surface area contributed by atoms with Gasteiger partial charge in [0.2, 0.25) is 5.91 Å². The van der Waals surface area contributed by atoms with Crippen LogP contribution >= 0.6 is 0 Å². The van der Waals surface area contributed by atoms with Gasteiger partial charge in [0.15, 0.2) is 0 Å². The van der Waals surface area contributed by atoms with Gasteiger partial charge in [-0.25, -0.2) is 4.79 Å². The second-order valence-electron chi connectivity index (χ2n) is 14.0. The first-order valence-corrected chi connectivity index (χ1v) is 15.5. The van der Waals surface area contributed by atoms with Crippen LogP contribution in [-0.4, -0.2) is 68.9 Å². The number of likely N-dealkylation sites (tertiary alicyclic amines) is 1. The fourth-order valence-corrected chi connectivity index (χ4v) is 9.13. The lowest BCUT2D eigenvalue weighted by Crippen LogP contribution is -2.63. The van der Waals surface area contributed by atoms with Crippen molar-refractivity contribution in [2.75, 3.05) is 34.0 Å². The maximum absolute atomic E-state index is 13.8. The Hall–Kier alpha value is -2.03. The van der Waals surface area contributed by atoms with Gasteiger partial charge in [0.1, 0.15) is 18.7 Å². The highest BCUT2D eigenvalue weighted by atomic mass is 16.7. The third-order valence-electron chi connectivity index (χ3n) is 11.7. The molecule has 41 heavy (non-hydrogen) atoms. The summed E-state index contributed by atoms with van der Waals surface area (Å²) in [6.45, 7) is 16.3. The number of rotatable bonds is 7. The van der Waals surface area contributed by atoms with Crippen LogP contribution in [0.15, 0.2) is 24.8 Å². The third kappa shape index (κ3) is 5.68. The molecule has 1 N–H and O–H groups in total. The first-order valence-electron chi connectivity index (χ1n) is 15.5. The molecule has 2 unspecified atom stereocenters. The van der Waals surface area contributed by atoms with E-state index in [0.29, 0.717) is 19.4 Å². The SMILES string of the molecule is C=CC=C[C@]1(C)C[C@@H](OC(=O)NC(=O)[C@H]2CN(C)CC[C@@H]2C)[C@@]2(C)C3C(=O)CCC3(CC[C@H]2C)[C@@H](C)[C@@H]1OCOC. The average molecular weight is 573 g/mol. The number of hydrogen-bond acceptors (Lipinski definition) is 7. The zero-order chi connectivity index (χ0) is 30.2. The van der Waals surface area contributed by atoms with Crippen LogP contribution in [0.25, 0.3) is 0 Å². The van der Waals surface area contributed by atoms with Crippen molar-refractivity contribution in [3.63, 3.8) is 0 Å². The second kappa shape index (κ2) is 12.3. The Balaban J connectivity index is 1.74. The number of amides is 2. The summed E-state index contributed by atoms with van der Waals surface area (Å²) >= 11 is 0. The summed E-state index contributed by atoms with van der Waals surface area (Å²) in [7, 11) is 3.61. The lowest BCUT2D eigenvalue weighted by Gasteiger charge is -2.62. The van der Waals surface area contributed by atoms with Crippen molar-refractivity contribution in [1.82, 2.24) is 10.2 Å². The van der Waals surface area contributed by atoms with Crippen LogP contribution in [0.4, 0.5) is 4.79 Å². The van der Waals surface area contributed by atoms with Crippen molar-refractivity contribution in [3.05, 3.63) is 24.8 Å². The Labute approximate surface area is 246 Å². The predicted octanol–water partition coefficient (Wildman–Crippen LogP) is 5.37. The normalized spacial score (nSPS) is 43.2. The lowest BCUT2D eigenvalue weighted by atomic mass is 9.44. The Morgan fingerprint density at radius 1 is 1.17 bits per heavy atom. The average Bonchev–Trinajstić information content (AvgIpc) is 3.28. The fraction of sp³-hybridized carbons (Fsp3) is 0.788. The predicted molar refractivity (Wildman–Crippen MR) is 158 cm³/mol. The maximum Gasteiger partial charge on any atom is 0.414 e. The van der Waals surface area contributed by atoms with Gasteiger partial charge in [-0.3, -0.25) is 14.9 Å². The van der Waals surface area contributed by atoms with Gasteiger partial charge >= 0.3 is 6.09 Å². The van der Waals surface area contributed by atoms with Gasteiger partial charge in [0.05, 0.1) is 12.0 Å². The smallest absolute Gasteiger partial charge is 0.414 e. The van der Waals surface area contributed by atoms with E-state index >= 15 is 0 Å². The number of Topliss-reactive ketones (excluding diaryl/α,β-unsaturated/α-hetero) is 1. The molecule has 0 aromatic carbocycles. The van der Waals surface area contributed by atoms with Gasteiger partial charge in [-0.15, -0.1) is 0 Å². The Bertz CT molecular complexity index is 1040. The quantitative estimate of drug-likeness (QED) is 0.324. The minimum atomic E-state index is -0.728. The molecular weight excluding hydrogens is 520 g/mol. The van der Waals surface area contributed by atoms with Crippen LogP contribution in [0.1, 0.15) is 73.1 Å². The van der Waals surface area contributed by atoms with Crippen LogP contribution in [0.3, 0.4) is 0 Å². The summed E-state index contributed by atoms with van der Waals surface area (Å²) in [5.74, 6) is -0.166. The molecule has 0 aromatic rings. The monoisotopic (exact) mass is 572 g/mol. The highest BCUT2D eigenvalue weighted by Gasteiger charge is 2.68. The summed E-state index contributed by atoms with van der Waals surface area (Å²) in [5.41, 5.74) is -1.41. The molecule has 4 aliphatic rings. The summed E-state index contributed by atoms with van der Waals surface area (Å²) in [6.07, 6.45) is 8.71. The van der Waals surface area contributed by atoms with Gasteiger partial charge in [-0.1, -0.05) is 59.4 Å². The molecule has 2 amide bonds. The van der Waals surface area contributed by atoms with E-state index < -0.39 is 23.0 Å². The van der Waals surface area contributed by atoms with E-state index in [1.165, 1.54) is 0 Å². The van der Waals surface area contributed by atoms with Crippen LogP contribution in [0.5, 0.6) is 0 Å².